The van der Waals surface area contributed by atoms with Gasteiger partial charge in [-0.2, -0.15) is 0 Å². The third-order valence-corrected chi connectivity index (χ3v) is 2.20. The minimum atomic E-state index is -2.68. The Labute approximate surface area is 80.6 Å². The van der Waals surface area contributed by atoms with Gasteiger partial charge < -0.3 is 20.4 Å². The molecule has 80 valence electrons. The summed E-state index contributed by atoms with van der Waals surface area (Å²) in [4.78, 5) is 31.1. The number of carboxylic acids is 3. The maximum Gasteiger partial charge on any atom is 0.340 e. The number of hydrogen-bond acceptors (Lipinski definition) is 4. The molecule has 3 unspecified atom stereocenters. The SMILES string of the molecule is O=C(O)CC(C(=O)O)C(O)(P)C(=O)O. The fraction of sp³-hybridized carbons (Fsp3) is 0.500. The molecule has 0 aromatic carbocycles. The van der Waals surface area contributed by atoms with E-state index < -0.39 is 35.6 Å². The second-order valence-corrected chi connectivity index (χ2v) is 3.50. The zero-order valence-corrected chi connectivity index (χ0v) is 8.03. The molecule has 0 aromatic heterocycles. The summed E-state index contributed by atoms with van der Waals surface area (Å²) in [5, 5.41) is 31.8. The fourth-order valence-electron chi connectivity index (χ4n) is 0.755. The quantitative estimate of drug-likeness (QED) is 0.431. The van der Waals surface area contributed by atoms with Gasteiger partial charge in [0.15, 0.2) is 5.34 Å². The molecule has 0 radical (unpaired) electrons. The zero-order valence-electron chi connectivity index (χ0n) is 6.88. The molecule has 0 amide bonds. The Morgan fingerprint density at radius 2 is 1.64 bits per heavy atom. The first kappa shape index (κ1) is 12.8. The lowest BCUT2D eigenvalue weighted by molar-refractivity contribution is -0.165. The van der Waals surface area contributed by atoms with Crippen LogP contribution >= 0.6 is 9.24 Å². The average molecular weight is 224 g/mol. The van der Waals surface area contributed by atoms with Crippen molar-refractivity contribution in [1.82, 2.24) is 0 Å². The van der Waals surface area contributed by atoms with Gasteiger partial charge in [0.2, 0.25) is 0 Å². The lowest BCUT2D eigenvalue weighted by Crippen LogP contribution is -2.44. The van der Waals surface area contributed by atoms with Crippen molar-refractivity contribution >= 4 is 27.1 Å². The highest BCUT2D eigenvalue weighted by molar-refractivity contribution is 7.20. The van der Waals surface area contributed by atoms with Gasteiger partial charge in [0.05, 0.1) is 6.42 Å². The molecule has 0 aliphatic heterocycles. The van der Waals surface area contributed by atoms with Crippen molar-refractivity contribution in [2.24, 2.45) is 5.92 Å². The van der Waals surface area contributed by atoms with Crippen LogP contribution in [-0.2, 0) is 14.4 Å². The second-order valence-electron chi connectivity index (χ2n) is 2.62. The van der Waals surface area contributed by atoms with Crippen molar-refractivity contribution < 1.29 is 34.8 Å². The van der Waals surface area contributed by atoms with Gasteiger partial charge in [0.25, 0.3) is 0 Å². The summed E-state index contributed by atoms with van der Waals surface area (Å²) in [6, 6.07) is 0. The summed E-state index contributed by atoms with van der Waals surface area (Å²) in [6.45, 7) is 0. The second kappa shape index (κ2) is 4.34. The normalized spacial score (nSPS) is 16.7. The number of carboxylic acid groups (broad SMARTS) is 3. The van der Waals surface area contributed by atoms with Gasteiger partial charge in [0, 0.05) is 0 Å². The molecular formula is C6H9O7P. The Morgan fingerprint density at radius 1 is 1.21 bits per heavy atom. The topological polar surface area (TPSA) is 132 Å². The van der Waals surface area contributed by atoms with Gasteiger partial charge in [-0.3, -0.25) is 9.59 Å². The van der Waals surface area contributed by atoms with E-state index in [2.05, 4.69) is 0 Å². The highest BCUT2D eigenvalue weighted by atomic mass is 31.0. The summed E-state index contributed by atoms with van der Waals surface area (Å²) < 4.78 is 0. The van der Waals surface area contributed by atoms with Crippen molar-refractivity contribution in [2.45, 2.75) is 11.8 Å². The minimum absolute atomic E-state index is 0.971. The molecule has 0 aliphatic rings. The van der Waals surface area contributed by atoms with Crippen LogP contribution in [0.4, 0.5) is 0 Å². The van der Waals surface area contributed by atoms with Crippen LogP contribution in [0.1, 0.15) is 6.42 Å². The average Bonchev–Trinajstić information content (AvgIpc) is 1.98. The smallest absolute Gasteiger partial charge is 0.340 e. The summed E-state index contributed by atoms with van der Waals surface area (Å²) in [6.07, 6.45) is -0.971. The fourth-order valence-corrected chi connectivity index (χ4v) is 1.02. The monoisotopic (exact) mass is 224 g/mol. The van der Waals surface area contributed by atoms with Crippen LogP contribution in [0.2, 0.25) is 0 Å². The molecule has 0 spiro atoms. The van der Waals surface area contributed by atoms with Crippen molar-refractivity contribution in [3.8, 4) is 0 Å². The first-order chi connectivity index (χ1) is 6.19. The molecule has 0 saturated carbocycles. The Hall–Kier alpha value is -1.20. The standard InChI is InChI=1S/C6H9O7P/c7-3(8)1-2(4(9)10)6(13,14)5(11)12/h2,13H,1,14H2,(H,7,8)(H,9,10)(H,11,12). The van der Waals surface area contributed by atoms with E-state index in [1.807, 2.05) is 0 Å². The maximum atomic E-state index is 10.5. The van der Waals surface area contributed by atoms with Gasteiger partial charge >= 0.3 is 17.9 Å². The molecule has 0 heterocycles. The van der Waals surface area contributed by atoms with Crippen LogP contribution in [-0.4, -0.2) is 43.7 Å². The third kappa shape index (κ3) is 2.93. The molecule has 14 heavy (non-hydrogen) atoms. The molecule has 4 N–H and O–H groups in total. The number of aliphatic carboxylic acids is 3. The molecule has 3 atom stereocenters. The molecular weight excluding hydrogens is 215 g/mol. The van der Waals surface area contributed by atoms with Crippen LogP contribution in [0.15, 0.2) is 0 Å². The molecule has 7 nitrogen and oxygen atoms in total. The van der Waals surface area contributed by atoms with Crippen LogP contribution in [0, 0.1) is 5.92 Å². The molecule has 0 saturated heterocycles. The molecule has 0 fully saturated rings. The van der Waals surface area contributed by atoms with E-state index in [9.17, 15) is 19.5 Å². The summed E-state index contributed by atoms with van der Waals surface area (Å²) in [7, 11) is 1.42. The predicted octanol–water partition coefficient (Wildman–Crippen LogP) is -1.19. The minimum Gasteiger partial charge on any atom is -0.481 e. The van der Waals surface area contributed by atoms with Crippen LogP contribution in [0.25, 0.3) is 0 Å². The van der Waals surface area contributed by atoms with Crippen LogP contribution in [0.5, 0.6) is 0 Å². The first-order valence-corrected chi connectivity index (χ1v) is 3.96. The number of hydrogen-bond donors (Lipinski definition) is 4. The largest absolute Gasteiger partial charge is 0.481 e. The summed E-state index contributed by atoms with van der Waals surface area (Å²) in [5.41, 5.74) is 0. The Kier molecular flexibility index (Phi) is 3.97. The van der Waals surface area contributed by atoms with Gasteiger partial charge in [-0.05, 0) is 0 Å². The van der Waals surface area contributed by atoms with Crippen LogP contribution in [0.3, 0.4) is 0 Å². The van der Waals surface area contributed by atoms with Crippen molar-refractivity contribution in [1.29, 1.82) is 0 Å². The maximum absolute atomic E-state index is 10.5. The number of rotatable bonds is 5. The Bertz CT molecular complexity index is 271. The van der Waals surface area contributed by atoms with Crippen LogP contribution < -0.4 is 0 Å². The van der Waals surface area contributed by atoms with E-state index in [1.165, 1.54) is 9.24 Å². The summed E-state index contributed by atoms with van der Waals surface area (Å²) in [5.74, 6) is -6.91. The third-order valence-electron chi connectivity index (χ3n) is 1.55. The van der Waals surface area contributed by atoms with E-state index in [0.717, 1.165) is 0 Å². The lowest BCUT2D eigenvalue weighted by Gasteiger charge is -2.23. The van der Waals surface area contributed by atoms with E-state index in [0.29, 0.717) is 0 Å². The molecule has 0 bridgehead atoms. The summed E-state index contributed by atoms with van der Waals surface area (Å²) >= 11 is 0. The first-order valence-electron chi connectivity index (χ1n) is 3.38. The molecule has 0 aliphatic carbocycles. The lowest BCUT2D eigenvalue weighted by atomic mass is 9.98. The van der Waals surface area contributed by atoms with Gasteiger partial charge in [-0.1, -0.05) is 9.24 Å². The van der Waals surface area contributed by atoms with E-state index in [-0.39, 0.29) is 0 Å². The van der Waals surface area contributed by atoms with Gasteiger partial charge in [0.1, 0.15) is 5.92 Å². The highest BCUT2D eigenvalue weighted by Gasteiger charge is 2.45. The molecule has 0 aromatic rings. The predicted molar refractivity (Wildman–Crippen MR) is 45.7 cm³/mol. The van der Waals surface area contributed by atoms with Gasteiger partial charge in [-0.15, -0.1) is 0 Å². The van der Waals surface area contributed by atoms with Crippen molar-refractivity contribution in [2.75, 3.05) is 0 Å². The Balaban J connectivity index is 4.91. The van der Waals surface area contributed by atoms with E-state index in [4.69, 9.17) is 15.3 Å². The van der Waals surface area contributed by atoms with E-state index in [1.54, 1.807) is 0 Å². The molecule has 8 heteroatoms. The van der Waals surface area contributed by atoms with E-state index >= 15 is 0 Å². The van der Waals surface area contributed by atoms with Crippen molar-refractivity contribution in [3.63, 3.8) is 0 Å². The zero-order chi connectivity index (χ0) is 11.5. The number of carbonyl (C=O) groups is 3. The van der Waals surface area contributed by atoms with Crippen molar-refractivity contribution in [3.05, 3.63) is 0 Å². The highest BCUT2D eigenvalue weighted by Crippen LogP contribution is 2.28. The number of aliphatic hydroxyl groups is 1. The Morgan fingerprint density at radius 3 is 1.86 bits per heavy atom. The van der Waals surface area contributed by atoms with Gasteiger partial charge in [-0.25, -0.2) is 4.79 Å². The molecule has 0 rings (SSSR count).